The number of aromatic nitrogens is 2. The highest BCUT2D eigenvalue weighted by Crippen LogP contribution is 2.20. The van der Waals surface area contributed by atoms with Crippen molar-refractivity contribution in [1.29, 1.82) is 0 Å². The fourth-order valence-corrected chi connectivity index (χ4v) is 3.61. The fraction of sp³-hybridized carbons (Fsp3) is 0.476. The molecule has 1 N–H and O–H groups in total. The smallest absolute Gasteiger partial charge is 0.341 e. The lowest BCUT2D eigenvalue weighted by molar-refractivity contribution is 0.0471. The lowest BCUT2D eigenvalue weighted by Gasteiger charge is -2.44. The van der Waals surface area contributed by atoms with Gasteiger partial charge in [-0.25, -0.2) is 14.8 Å². The average Bonchev–Trinajstić information content (AvgIpc) is 2.72. The summed E-state index contributed by atoms with van der Waals surface area (Å²) in [4.78, 5) is 25.5. The zero-order valence-corrected chi connectivity index (χ0v) is 16.5. The molecule has 3 rings (SSSR count). The Kier molecular flexibility index (Phi) is 6.95. The van der Waals surface area contributed by atoms with Gasteiger partial charge in [0.2, 0.25) is 5.95 Å². The molecule has 0 unspecified atom stereocenters. The fourth-order valence-electron chi connectivity index (χ4n) is 3.61. The van der Waals surface area contributed by atoms with Gasteiger partial charge in [0.1, 0.15) is 6.61 Å². The monoisotopic (exact) mass is 384 g/mol. The van der Waals surface area contributed by atoms with Gasteiger partial charge in [0.25, 0.3) is 0 Å². The number of hydrogen-bond acceptors (Lipinski definition) is 7. The van der Waals surface area contributed by atoms with E-state index in [0.717, 1.165) is 31.6 Å². The second-order valence-electron chi connectivity index (χ2n) is 7.25. The van der Waals surface area contributed by atoms with Crippen LogP contribution in [0.2, 0.25) is 0 Å². The molecule has 1 aliphatic rings. The first kappa shape index (κ1) is 20.2. The van der Waals surface area contributed by atoms with Gasteiger partial charge in [-0.1, -0.05) is 30.3 Å². The molecule has 0 bridgehead atoms. The highest BCUT2D eigenvalue weighted by atomic mass is 16.5. The summed E-state index contributed by atoms with van der Waals surface area (Å²) in [5.74, 6) is 0.200. The Hall–Kier alpha value is -2.51. The summed E-state index contributed by atoms with van der Waals surface area (Å²) >= 11 is 0. The molecule has 1 aliphatic heterocycles. The molecule has 7 nitrogen and oxygen atoms in total. The summed E-state index contributed by atoms with van der Waals surface area (Å²) in [6.07, 6.45) is 3.84. The molecule has 1 saturated heterocycles. The van der Waals surface area contributed by atoms with E-state index in [1.165, 1.54) is 12.4 Å². The lowest BCUT2D eigenvalue weighted by atomic mass is 10.1. The van der Waals surface area contributed by atoms with Crippen LogP contribution in [0.5, 0.6) is 0 Å². The standard InChI is InChI=1S/C21H28N4O3/c1-16-13-24(14-17(2)25(16)9-6-10-26)21-22-11-19(12-23-21)20(27)28-15-18-7-4-3-5-8-18/h3-5,7-8,11-12,16-17,26H,6,9-10,13-15H2,1-2H3/t16-,17+. The van der Waals surface area contributed by atoms with E-state index in [0.29, 0.717) is 23.6 Å². The molecule has 2 heterocycles. The van der Waals surface area contributed by atoms with Crippen LogP contribution in [-0.2, 0) is 11.3 Å². The number of aliphatic hydroxyl groups excluding tert-OH is 1. The number of aliphatic hydroxyl groups is 1. The summed E-state index contributed by atoms with van der Waals surface area (Å²) in [7, 11) is 0. The number of rotatable bonds is 7. The van der Waals surface area contributed by atoms with Crippen molar-refractivity contribution in [2.75, 3.05) is 31.1 Å². The second kappa shape index (κ2) is 9.61. The van der Waals surface area contributed by atoms with Crippen LogP contribution in [0.15, 0.2) is 42.7 Å². The van der Waals surface area contributed by atoms with Gasteiger partial charge in [0, 0.05) is 50.7 Å². The Morgan fingerprint density at radius 1 is 1.14 bits per heavy atom. The maximum atomic E-state index is 12.2. The summed E-state index contributed by atoms with van der Waals surface area (Å²) in [5.41, 5.74) is 1.29. The Morgan fingerprint density at radius 2 is 1.79 bits per heavy atom. The summed E-state index contributed by atoms with van der Waals surface area (Å²) in [6, 6.07) is 10.2. The number of carbonyl (C=O) groups is 1. The van der Waals surface area contributed by atoms with Crippen LogP contribution in [0.25, 0.3) is 0 Å². The van der Waals surface area contributed by atoms with Crippen molar-refractivity contribution < 1.29 is 14.6 Å². The van der Waals surface area contributed by atoms with Crippen molar-refractivity contribution in [2.45, 2.75) is 39.0 Å². The number of nitrogens with zero attached hydrogens (tertiary/aromatic N) is 4. The first-order valence-corrected chi connectivity index (χ1v) is 9.73. The predicted molar refractivity (Wildman–Crippen MR) is 107 cm³/mol. The van der Waals surface area contributed by atoms with Gasteiger partial charge in [0.05, 0.1) is 5.56 Å². The predicted octanol–water partition coefficient (Wildman–Crippen LogP) is 2.12. The molecular weight excluding hydrogens is 356 g/mol. The van der Waals surface area contributed by atoms with Crippen molar-refractivity contribution in [1.82, 2.24) is 14.9 Å². The van der Waals surface area contributed by atoms with Crippen molar-refractivity contribution in [3.8, 4) is 0 Å². The van der Waals surface area contributed by atoms with Gasteiger partial charge < -0.3 is 14.7 Å². The van der Waals surface area contributed by atoms with Crippen molar-refractivity contribution in [3.63, 3.8) is 0 Å². The minimum absolute atomic E-state index is 0.213. The quantitative estimate of drug-likeness (QED) is 0.733. The molecule has 0 saturated carbocycles. The molecule has 2 aromatic rings. The normalized spacial score (nSPS) is 20.2. The van der Waals surface area contributed by atoms with Crippen molar-refractivity contribution in [2.24, 2.45) is 0 Å². The SMILES string of the molecule is C[C@@H]1CN(c2ncc(C(=O)OCc3ccccc3)cn2)C[C@H](C)N1CCCO. The van der Waals surface area contributed by atoms with Gasteiger partial charge >= 0.3 is 5.97 Å². The Bertz CT molecular complexity index is 742. The highest BCUT2D eigenvalue weighted by Gasteiger charge is 2.30. The third kappa shape index (κ3) is 5.05. The molecular formula is C21H28N4O3. The zero-order valence-electron chi connectivity index (χ0n) is 16.5. The number of benzene rings is 1. The summed E-state index contributed by atoms with van der Waals surface area (Å²) < 4.78 is 5.33. The van der Waals surface area contributed by atoms with E-state index in [1.54, 1.807) is 0 Å². The van der Waals surface area contributed by atoms with Crippen molar-refractivity contribution in [3.05, 3.63) is 53.9 Å². The number of anilines is 1. The van der Waals surface area contributed by atoms with E-state index >= 15 is 0 Å². The molecule has 0 radical (unpaired) electrons. The molecule has 1 fully saturated rings. The zero-order chi connectivity index (χ0) is 19.9. The van der Waals surface area contributed by atoms with E-state index in [4.69, 9.17) is 9.84 Å². The van der Waals surface area contributed by atoms with Gasteiger partial charge in [-0.05, 0) is 25.8 Å². The van der Waals surface area contributed by atoms with Crippen LogP contribution in [-0.4, -0.2) is 64.3 Å². The number of piperazine rings is 1. The van der Waals surface area contributed by atoms with Gasteiger partial charge in [-0.2, -0.15) is 0 Å². The van der Waals surface area contributed by atoms with Gasteiger partial charge in [-0.15, -0.1) is 0 Å². The van der Waals surface area contributed by atoms with Crippen LogP contribution in [0, 0.1) is 0 Å². The van der Waals surface area contributed by atoms with Crippen LogP contribution < -0.4 is 4.90 Å². The average molecular weight is 384 g/mol. The van der Waals surface area contributed by atoms with Crippen LogP contribution in [0.3, 0.4) is 0 Å². The third-order valence-corrected chi connectivity index (χ3v) is 5.05. The topological polar surface area (TPSA) is 78.8 Å². The van der Waals surface area contributed by atoms with E-state index in [2.05, 4.69) is 33.6 Å². The molecule has 28 heavy (non-hydrogen) atoms. The minimum Gasteiger partial charge on any atom is -0.457 e. The van der Waals surface area contributed by atoms with Gasteiger partial charge in [0.15, 0.2) is 0 Å². The Morgan fingerprint density at radius 3 is 2.39 bits per heavy atom. The van der Waals surface area contributed by atoms with Crippen LogP contribution in [0.1, 0.15) is 36.2 Å². The summed E-state index contributed by atoms with van der Waals surface area (Å²) in [5, 5.41) is 9.08. The Labute approximate surface area is 166 Å². The molecule has 2 atom stereocenters. The number of ether oxygens (including phenoxy) is 1. The number of carbonyl (C=O) groups excluding carboxylic acids is 1. The Balaban J connectivity index is 1.57. The molecule has 0 aliphatic carbocycles. The first-order chi connectivity index (χ1) is 13.6. The van der Waals surface area contributed by atoms with E-state index in [1.807, 2.05) is 30.3 Å². The van der Waals surface area contributed by atoms with E-state index < -0.39 is 5.97 Å². The molecule has 0 spiro atoms. The maximum absolute atomic E-state index is 12.2. The molecule has 7 heteroatoms. The second-order valence-corrected chi connectivity index (χ2v) is 7.25. The van der Waals surface area contributed by atoms with Gasteiger partial charge in [-0.3, -0.25) is 4.90 Å². The maximum Gasteiger partial charge on any atom is 0.341 e. The molecule has 150 valence electrons. The van der Waals surface area contributed by atoms with Crippen molar-refractivity contribution >= 4 is 11.9 Å². The highest BCUT2D eigenvalue weighted by molar-refractivity contribution is 5.88. The molecule has 1 aromatic carbocycles. The van der Waals surface area contributed by atoms with Crippen LogP contribution in [0.4, 0.5) is 5.95 Å². The lowest BCUT2D eigenvalue weighted by Crippen LogP contribution is -2.57. The van der Waals surface area contributed by atoms with E-state index in [9.17, 15) is 4.79 Å². The largest absolute Gasteiger partial charge is 0.457 e. The van der Waals surface area contributed by atoms with Crippen LogP contribution >= 0.6 is 0 Å². The molecule has 0 amide bonds. The first-order valence-electron chi connectivity index (χ1n) is 9.73. The minimum atomic E-state index is -0.425. The summed E-state index contributed by atoms with van der Waals surface area (Å²) in [6.45, 7) is 7.31. The number of esters is 1. The van der Waals surface area contributed by atoms with E-state index in [-0.39, 0.29) is 13.2 Å². The molecule has 1 aromatic heterocycles. The number of hydrogen-bond donors (Lipinski definition) is 1. The third-order valence-electron chi connectivity index (χ3n) is 5.05.